The van der Waals surface area contributed by atoms with Crippen molar-refractivity contribution in [2.75, 3.05) is 0 Å². The zero-order valence-corrected chi connectivity index (χ0v) is 9.84. The van der Waals surface area contributed by atoms with Gasteiger partial charge in [0.25, 0.3) is 5.69 Å². The molecule has 1 aromatic carbocycles. The second kappa shape index (κ2) is 4.95. The Labute approximate surface area is 103 Å². The summed E-state index contributed by atoms with van der Waals surface area (Å²) in [4.78, 5) is 14.5. The minimum Gasteiger partial charge on any atom is -0.330 e. The summed E-state index contributed by atoms with van der Waals surface area (Å²) >= 11 is 0. The van der Waals surface area contributed by atoms with Crippen LogP contribution in [-0.4, -0.2) is 14.5 Å². The third-order valence-corrected chi connectivity index (χ3v) is 2.70. The van der Waals surface area contributed by atoms with E-state index < -0.39 is 10.7 Å². The van der Waals surface area contributed by atoms with Crippen molar-refractivity contribution >= 4 is 5.69 Å². The first kappa shape index (κ1) is 12.2. The van der Waals surface area contributed by atoms with Gasteiger partial charge in [-0.05, 0) is 12.1 Å². The average molecular weight is 249 g/mol. The predicted molar refractivity (Wildman–Crippen MR) is 63.8 cm³/mol. The lowest BCUT2D eigenvalue weighted by atomic mass is 10.1. The summed E-state index contributed by atoms with van der Waals surface area (Å²) < 4.78 is 15.0. The number of aromatic nitrogens is 2. The summed E-state index contributed by atoms with van der Waals surface area (Å²) in [7, 11) is 0. The highest BCUT2D eigenvalue weighted by molar-refractivity contribution is 5.40. The Morgan fingerprint density at radius 3 is 2.94 bits per heavy atom. The van der Waals surface area contributed by atoms with E-state index in [0.29, 0.717) is 5.56 Å². The highest BCUT2D eigenvalue weighted by atomic mass is 19.1. The third-order valence-electron chi connectivity index (χ3n) is 2.70. The molecule has 0 saturated heterocycles. The Hall–Kier alpha value is -2.24. The van der Waals surface area contributed by atoms with Crippen LogP contribution in [0.3, 0.4) is 0 Å². The molecule has 0 aliphatic rings. The molecule has 5 nitrogen and oxygen atoms in total. The molecule has 0 radical (unpaired) electrons. The molecule has 0 aliphatic heterocycles. The minimum atomic E-state index is -0.503. The molecule has 6 heteroatoms. The smallest absolute Gasteiger partial charge is 0.274 e. The number of nitro groups is 1. The van der Waals surface area contributed by atoms with Gasteiger partial charge >= 0.3 is 0 Å². The van der Waals surface area contributed by atoms with Crippen molar-refractivity contribution in [3.05, 3.63) is 57.9 Å². The van der Waals surface area contributed by atoms with Gasteiger partial charge in [-0.2, -0.15) is 0 Å². The topological polar surface area (TPSA) is 61.0 Å². The van der Waals surface area contributed by atoms with Crippen molar-refractivity contribution in [3.8, 4) is 0 Å². The first-order chi connectivity index (χ1) is 8.61. The lowest BCUT2D eigenvalue weighted by Crippen LogP contribution is -2.06. The van der Waals surface area contributed by atoms with Crippen LogP contribution in [-0.2, 0) is 13.0 Å². The van der Waals surface area contributed by atoms with Crippen molar-refractivity contribution in [1.82, 2.24) is 9.55 Å². The number of imidazole rings is 1. The summed E-state index contributed by atoms with van der Waals surface area (Å²) in [5.74, 6) is 0.335. The van der Waals surface area contributed by atoms with E-state index in [2.05, 4.69) is 4.98 Å². The van der Waals surface area contributed by atoms with E-state index in [4.69, 9.17) is 0 Å². The number of halogens is 1. The maximum atomic E-state index is 13.2. The standard InChI is InChI=1S/C12H12FN3O2/c1-2-12-14-5-6-15(12)8-9-7-10(13)3-4-11(9)16(17)18/h3-7H,2,8H2,1H3. The predicted octanol–water partition coefficient (Wildman–Crippen LogP) is 2.54. The summed E-state index contributed by atoms with van der Waals surface area (Å²) in [6.07, 6.45) is 4.08. The largest absolute Gasteiger partial charge is 0.330 e. The lowest BCUT2D eigenvalue weighted by Gasteiger charge is -2.07. The van der Waals surface area contributed by atoms with Gasteiger partial charge in [0, 0.05) is 24.9 Å². The van der Waals surface area contributed by atoms with E-state index >= 15 is 0 Å². The van der Waals surface area contributed by atoms with Crippen molar-refractivity contribution in [2.24, 2.45) is 0 Å². The van der Waals surface area contributed by atoms with Gasteiger partial charge in [-0.1, -0.05) is 6.92 Å². The highest BCUT2D eigenvalue weighted by Gasteiger charge is 2.15. The molecule has 1 aromatic heterocycles. The molecule has 0 amide bonds. The second-order valence-corrected chi connectivity index (χ2v) is 3.86. The lowest BCUT2D eigenvalue weighted by molar-refractivity contribution is -0.385. The molecule has 0 N–H and O–H groups in total. The molecule has 0 saturated carbocycles. The molecule has 0 fully saturated rings. The molecule has 0 atom stereocenters. The van der Waals surface area contributed by atoms with E-state index in [0.717, 1.165) is 18.3 Å². The van der Waals surface area contributed by atoms with Gasteiger partial charge < -0.3 is 4.57 Å². The normalized spacial score (nSPS) is 10.6. The van der Waals surface area contributed by atoms with Crippen LogP contribution in [0.25, 0.3) is 0 Å². The van der Waals surface area contributed by atoms with Crippen LogP contribution in [0.15, 0.2) is 30.6 Å². The minimum absolute atomic E-state index is 0.0767. The molecule has 18 heavy (non-hydrogen) atoms. The van der Waals surface area contributed by atoms with Gasteiger partial charge in [0.15, 0.2) is 0 Å². The number of hydrogen-bond acceptors (Lipinski definition) is 3. The van der Waals surface area contributed by atoms with Gasteiger partial charge in [0.05, 0.1) is 17.0 Å². The fourth-order valence-corrected chi connectivity index (χ4v) is 1.84. The summed E-state index contributed by atoms with van der Waals surface area (Å²) in [6.45, 7) is 2.19. The number of aryl methyl sites for hydroxylation is 1. The monoisotopic (exact) mass is 249 g/mol. The van der Waals surface area contributed by atoms with Crippen molar-refractivity contribution in [1.29, 1.82) is 0 Å². The van der Waals surface area contributed by atoms with E-state index in [-0.39, 0.29) is 12.2 Å². The van der Waals surface area contributed by atoms with Gasteiger partial charge in [-0.25, -0.2) is 9.37 Å². The molecule has 94 valence electrons. The highest BCUT2D eigenvalue weighted by Crippen LogP contribution is 2.21. The molecule has 1 heterocycles. The van der Waals surface area contributed by atoms with Crippen LogP contribution in [0.1, 0.15) is 18.3 Å². The molecule has 2 aromatic rings. The number of benzene rings is 1. The quantitative estimate of drug-likeness (QED) is 0.618. The van der Waals surface area contributed by atoms with Crippen LogP contribution >= 0.6 is 0 Å². The van der Waals surface area contributed by atoms with E-state index in [1.54, 1.807) is 17.0 Å². The van der Waals surface area contributed by atoms with Gasteiger partial charge in [-0.3, -0.25) is 10.1 Å². The van der Waals surface area contributed by atoms with Gasteiger partial charge in [-0.15, -0.1) is 0 Å². The van der Waals surface area contributed by atoms with Crippen molar-refractivity contribution in [3.63, 3.8) is 0 Å². The van der Waals surface area contributed by atoms with E-state index in [1.165, 1.54) is 12.1 Å². The van der Waals surface area contributed by atoms with Crippen molar-refractivity contribution in [2.45, 2.75) is 19.9 Å². The van der Waals surface area contributed by atoms with Crippen LogP contribution in [0.4, 0.5) is 10.1 Å². The molecule has 2 rings (SSSR count). The Kier molecular flexibility index (Phi) is 3.36. The molecular formula is C12H12FN3O2. The number of hydrogen-bond donors (Lipinski definition) is 0. The zero-order chi connectivity index (χ0) is 13.1. The summed E-state index contributed by atoms with van der Waals surface area (Å²) in [5.41, 5.74) is 0.264. The fourth-order valence-electron chi connectivity index (χ4n) is 1.84. The zero-order valence-electron chi connectivity index (χ0n) is 9.84. The fraction of sp³-hybridized carbons (Fsp3) is 0.250. The molecular weight excluding hydrogens is 237 g/mol. The molecule has 0 unspecified atom stereocenters. The Morgan fingerprint density at radius 2 is 2.28 bits per heavy atom. The number of nitrogens with zero attached hydrogens (tertiary/aromatic N) is 3. The molecule has 0 bridgehead atoms. The van der Waals surface area contributed by atoms with Gasteiger partial charge in [0.2, 0.25) is 0 Å². The van der Waals surface area contributed by atoms with Crippen LogP contribution < -0.4 is 0 Å². The van der Waals surface area contributed by atoms with Crippen molar-refractivity contribution < 1.29 is 9.31 Å². The second-order valence-electron chi connectivity index (χ2n) is 3.86. The first-order valence-corrected chi connectivity index (χ1v) is 5.54. The third kappa shape index (κ3) is 2.37. The number of rotatable bonds is 4. The Morgan fingerprint density at radius 1 is 1.50 bits per heavy atom. The molecule has 0 aliphatic carbocycles. The SMILES string of the molecule is CCc1nccn1Cc1cc(F)ccc1[N+](=O)[O-]. The van der Waals surface area contributed by atoms with Crippen LogP contribution in [0.2, 0.25) is 0 Å². The maximum absolute atomic E-state index is 13.2. The van der Waals surface area contributed by atoms with Gasteiger partial charge in [0.1, 0.15) is 11.6 Å². The van der Waals surface area contributed by atoms with Crippen LogP contribution in [0.5, 0.6) is 0 Å². The van der Waals surface area contributed by atoms with Crippen LogP contribution in [0, 0.1) is 15.9 Å². The summed E-state index contributed by atoms with van der Waals surface area (Å²) in [5, 5.41) is 10.9. The Balaban J connectivity index is 2.39. The number of nitro benzene ring substituents is 1. The van der Waals surface area contributed by atoms with E-state index in [1.807, 2.05) is 6.92 Å². The Bertz CT molecular complexity index is 580. The van der Waals surface area contributed by atoms with E-state index in [9.17, 15) is 14.5 Å². The first-order valence-electron chi connectivity index (χ1n) is 5.54. The molecule has 0 spiro atoms. The average Bonchev–Trinajstić information content (AvgIpc) is 2.76. The maximum Gasteiger partial charge on any atom is 0.274 e. The summed E-state index contributed by atoms with van der Waals surface area (Å²) in [6, 6.07) is 3.47.